The Morgan fingerprint density at radius 1 is 1.44 bits per heavy atom. The minimum Gasteiger partial charge on any atom is -0.389 e. The standard InChI is InChI=1S/C14H22N2OS/c1-11(2)10-17-8-7-16(3)13-6-4-5-12(9-13)14(15)18/h4-6,9,11H,7-8,10H2,1-3H3,(H2,15,18). The van der Waals surface area contributed by atoms with Crippen LogP contribution in [-0.2, 0) is 4.74 Å². The minimum absolute atomic E-state index is 0.432. The molecule has 1 rings (SSSR count). The average molecular weight is 266 g/mol. The summed E-state index contributed by atoms with van der Waals surface area (Å²) in [6.45, 7) is 6.69. The van der Waals surface area contributed by atoms with E-state index < -0.39 is 0 Å². The number of likely N-dealkylation sites (N-methyl/N-ethyl adjacent to an activating group) is 1. The van der Waals surface area contributed by atoms with Crippen LogP contribution >= 0.6 is 12.2 Å². The number of thiocarbonyl (C=S) groups is 1. The van der Waals surface area contributed by atoms with Gasteiger partial charge in [-0.3, -0.25) is 0 Å². The molecule has 2 N–H and O–H groups in total. The lowest BCUT2D eigenvalue weighted by Crippen LogP contribution is -2.23. The summed E-state index contributed by atoms with van der Waals surface area (Å²) in [5.41, 5.74) is 7.63. The third kappa shape index (κ3) is 5.02. The predicted molar refractivity (Wildman–Crippen MR) is 81.3 cm³/mol. The Bertz CT molecular complexity index is 393. The van der Waals surface area contributed by atoms with Crippen LogP contribution in [0.2, 0.25) is 0 Å². The summed E-state index contributed by atoms with van der Waals surface area (Å²) in [4.78, 5) is 2.57. The van der Waals surface area contributed by atoms with E-state index in [1.807, 2.05) is 31.3 Å². The van der Waals surface area contributed by atoms with E-state index in [1.165, 1.54) is 0 Å². The summed E-state index contributed by atoms with van der Waals surface area (Å²) in [6, 6.07) is 7.94. The van der Waals surface area contributed by atoms with Crippen LogP contribution in [0, 0.1) is 5.92 Å². The molecule has 1 aromatic rings. The van der Waals surface area contributed by atoms with Gasteiger partial charge in [0.2, 0.25) is 0 Å². The SMILES string of the molecule is CC(C)COCCN(C)c1cccc(C(N)=S)c1. The average Bonchev–Trinajstić information content (AvgIpc) is 2.34. The third-order valence-electron chi connectivity index (χ3n) is 2.59. The maximum atomic E-state index is 5.63. The molecule has 0 heterocycles. The molecule has 0 bridgehead atoms. The van der Waals surface area contributed by atoms with Crippen LogP contribution in [0.5, 0.6) is 0 Å². The molecule has 0 amide bonds. The zero-order valence-electron chi connectivity index (χ0n) is 11.3. The van der Waals surface area contributed by atoms with Crippen LogP contribution in [0.3, 0.4) is 0 Å². The molecule has 0 saturated carbocycles. The second-order valence-corrected chi connectivity index (χ2v) is 5.24. The predicted octanol–water partition coefficient (Wildman–Crippen LogP) is 2.43. The largest absolute Gasteiger partial charge is 0.389 e. The molecule has 0 unspecified atom stereocenters. The van der Waals surface area contributed by atoms with Crippen molar-refractivity contribution in [3.63, 3.8) is 0 Å². The second kappa shape index (κ2) is 7.34. The van der Waals surface area contributed by atoms with Gasteiger partial charge in [-0.1, -0.05) is 38.2 Å². The van der Waals surface area contributed by atoms with Crippen LogP contribution in [0.4, 0.5) is 5.69 Å². The van der Waals surface area contributed by atoms with Gasteiger partial charge in [-0.15, -0.1) is 0 Å². The quantitative estimate of drug-likeness (QED) is 0.607. The fourth-order valence-electron chi connectivity index (χ4n) is 1.55. The van der Waals surface area contributed by atoms with E-state index in [-0.39, 0.29) is 0 Å². The summed E-state index contributed by atoms with van der Waals surface area (Å²) in [6.07, 6.45) is 0. The highest BCUT2D eigenvalue weighted by atomic mass is 32.1. The van der Waals surface area contributed by atoms with E-state index >= 15 is 0 Å². The summed E-state index contributed by atoms with van der Waals surface area (Å²) in [5.74, 6) is 0.577. The maximum absolute atomic E-state index is 5.63. The Balaban J connectivity index is 2.48. The van der Waals surface area contributed by atoms with Crippen LogP contribution in [0.15, 0.2) is 24.3 Å². The first kappa shape index (κ1) is 14.9. The number of anilines is 1. The molecule has 0 atom stereocenters. The van der Waals surface area contributed by atoms with Gasteiger partial charge in [0.15, 0.2) is 0 Å². The number of nitrogens with two attached hydrogens (primary N) is 1. The zero-order chi connectivity index (χ0) is 13.5. The summed E-state index contributed by atoms with van der Waals surface area (Å²) in [5, 5.41) is 0. The van der Waals surface area contributed by atoms with Crippen molar-refractivity contribution in [1.82, 2.24) is 0 Å². The molecule has 0 spiro atoms. The van der Waals surface area contributed by atoms with E-state index in [9.17, 15) is 0 Å². The molecular weight excluding hydrogens is 244 g/mol. The molecule has 3 nitrogen and oxygen atoms in total. The molecule has 0 aliphatic carbocycles. The lowest BCUT2D eigenvalue weighted by molar-refractivity contribution is 0.116. The molecule has 0 fully saturated rings. The van der Waals surface area contributed by atoms with Gasteiger partial charge in [-0.2, -0.15) is 0 Å². The Morgan fingerprint density at radius 2 is 2.17 bits per heavy atom. The van der Waals surface area contributed by atoms with Crippen LogP contribution in [0.1, 0.15) is 19.4 Å². The highest BCUT2D eigenvalue weighted by molar-refractivity contribution is 7.80. The Kier molecular flexibility index (Phi) is 6.09. The molecular formula is C14H22N2OS. The van der Waals surface area contributed by atoms with Gasteiger partial charge in [0.25, 0.3) is 0 Å². The van der Waals surface area contributed by atoms with Gasteiger partial charge >= 0.3 is 0 Å². The fourth-order valence-corrected chi connectivity index (χ4v) is 1.67. The number of hydrogen-bond donors (Lipinski definition) is 1. The van der Waals surface area contributed by atoms with Crippen molar-refractivity contribution in [2.24, 2.45) is 11.7 Å². The molecule has 4 heteroatoms. The van der Waals surface area contributed by atoms with Crippen molar-refractivity contribution in [1.29, 1.82) is 0 Å². The molecule has 100 valence electrons. The lowest BCUT2D eigenvalue weighted by atomic mass is 10.2. The highest BCUT2D eigenvalue weighted by Crippen LogP contribution is 2.14. The second-order valence-electron chi connectivity index (χ2n) is 4.80. The van der Waals surface area contributed by atoms with Gasteiger partial charge in [-0.05, 0) is 18.1 Å². The summed E-state index contributed by atoms with van der Waals surface area (Å²) in [7, 11) is 2.04. The Hall–Kier alpha value is -1.13. The van der Waals surface area contributed by atoms with Gasteiger partial charge < -0.3 is 15.4 Å². The van der Waals surface area contributed by atoms with Crippen LogP contribution in [0.25, 0.3) is 0 Å². The normalized spacial score (nSPS) is 10.7. The third-order valence-corrected chi connectivity index (χ3v) is 2.83. The van der Waals surface area contributed by atoms with Crippen LogP contribution < -0.4 is 10.6 Å². The van der Waals surface area contributed by atoms with E-state index in [0.717, 1.165) is 31.0 Å². The smallest absolute Gasteiger partial charge is 0.104 e. The van der Waals surface area contributed by atoms with Crippen molar-refractivity contribution in [3.05, 3.63) is 29.8 Å². The van der Waals surface area contributed by atoms with E-state index in [4.69, 9.17) is 22.7 Å². The maximum Gasteiger partial charge on any atom is 0.104 e. The van der Waals surface area contributed by atoms with Gasteiger partial charge in [0.05, 0.1) is 6.61 Å². The molecule has 0 saturated heterocycles. The summed E-state index contributed by atoms with van der Waals surface area (Å²) >= 11 is 4.98. The molecule has 1 aromatic carbocycles. The zero-order valence-corrected chi connectivity index (χ0v) is 12.2. The van der Waals surface area contributed by atoms with Crippen molar-refractivity contribution in [2.75, 3.05) is 31.7 Å². The lowest BCUT2D eigenvalue weighted by Gasteiger charge is -2.20. The summed E-state index contributed by atoms with van der Waals surface area (Å²) < 4.78 is 5.57. The highest BCUT2D eigenvalue weighted by Gasteiger charge is 2.03. The van der Waals surface area contributed by atoms with Gasteiger partial charge in [0.1, 0.15) is 4.99 Å². The van der Waals surface area contributed by atoms with Crippen molar-refractivity contribution in [3.8, 4) is 0 Å². The van der Waals surface area contributed by atoms with Crippen LogP contribution in [-0.4, -0.2) is 31.8 Å². The number of rotatable bonds is 7. The molecule has 0 radical (unpaired) electrons. The molecule has 0 aliphatic rings. The minimum atomic E-state index is 0.432. The van der Waals surface area contributed by atoms with E-state index in [0.29, 0.717) is 10.9 Å². The Morgan fingerprint density at radius 3 is 2.78 bits per heavy atom. The molecule has 18 heavy (non-hydrogen) atoms. The Labute approximate surface area is 115 Å². The van der Waals surface area contributed by atoms with E-state index in [1.54, 1.807) is 0 Å². The number of benzene rings is 1. The molecule has 0 aromatic heterocycles. The topological polar surface area (TPSA) is 38.5 Å². The first-order chi connectivity index (χ1) is 8.50. The number of ether oxygens (including phenoxy) is 1. The molecule has 0 aliphatic heterocycles. The number of nitrogens with zero attached hydrogens (tertiary/aromatic N) is 1. The van der Waals surface area contributed by atoms with Crippen molar-refractivity contribution >= 4 is 22.9 Å². The number of hydrogen-bond acceptors (Lipinski definition) is 3. The first-order valence-corrected chi connectivity index (χ1v) is 6.60. The van der Waals surface area contributed by atoms with E-state index in [2.05, 4.69) is 18.7 Å². The first-order valence-electron chi connectivity index (χ1n) is 6.19. The monoisotopic (exact) mass is 266 g/mol. The van der Waals surface area contributed by atoms with Gasteiger partial charge in [0, 0.05) is 31.5 Å². The fraction of sp³-hybridized carbons (Fsp3) is 0.500. The van der Waals surface area contributed by atoms with Crippen molar-refractivity contribution in [2.45, 2.75) is 13.8 Å². The van der Waals surface area contributed by atoms with Gasteiger partial charge in [-0.25, -0.2) is 0 Å². The van der Waals surface area contributed by atoms with Crippen molar-refractivity contribution < 1.29 is 4.74 Å².